The first-order valence-electron chi connectivity index (χ1n) is 10.9. The number of para-hydroxylation sites is 1. The fraction of sp³-hybridized carbons (Fsp3) is 0.0357. The van der Waals surface area contributed by atoms with E-state index in [0.717, 1.165) is 4.90 Å². The number of hydrogen-bond acceptors (Lipinski definition) is 4. The Morgan fingerprint density at radius 2 is 1.26 bits per heavy atom. The Morgan fingerprint density at radius 3 is 1.89 bits per heavy atom. The molecule has 0 saturated heterocycles. The van der Waals surface area contributed by atoms with Crippen molar-refractivity contribution in [3.05, 3.63) is 125 Å². The van der Waals surface area contributed by atoms with Gasteiger partial charge in [-0.25, -0.2) is 0 Å². The fourth-order valence-corrected chi connectivity index (χ4v) is 4.09. The van der Waals surface area contributed by atoms with Gasteiger partial charge in [-0.3, -0.25) is 24.2 Å². The molecule has 1 aliphatic heterocycles. The molecule has 0 spiro atoms. The molecule has 1 heterocycles. The van der Waals surface area contributed by atoms with Crippen molar-refractivity contribution in [2.75, 3.05) is 11.6 Å². The zero-order valence-corrected chi connectivity index (χ0v) is 19.2. The molecular formula is C28H19ClN2O4. The van der Waals surface area contributed by atoms with Crippen molar-refractivity contribution in [2.24, 2.45) is 0 Å². The minimum atomic E-state index is -0.452. The highest BCUT2D eigenvalue weighted by Crippen LogP contribution is 2.29. The van der Waals surface area contributed by atoms with Crippen LogP contribution in [0.3, 0.4) is 0 Å². The molecule has 0 saturated carbocycles. The Labute approximate surface area is 206 Å². The lowest BCUT2D eigenvalue weighted by atomic mass is 10.1. The molecule has 0 atom stereocenters. The molecule has 0 aliphatic carbocycles. The summed E-state index contributed by atoms with van der Waals surface area (Å²) in [5, 5.41) is 0.272. The van der Waals surface area contributed by atoms with Gasteiger partial charge >= 0.3 is 0 Å². The normalized spacial score (nSPS) is 12.4. The SMILES string of the molecule is O=C1c2ccccc2C(=O)N1CN(C(=O)c1ccccc1Cl)c1ccc(Oc2ccccc2)cc1. The molecule has 0 bridgehead atoms. The summed E-state index contributed by atoms with van der Waals surface area (Å²) >= 11 is 6.30. The van der Waals surface area contributed by atoms with E-state index in [9.17, 15) is 14.4 Å². The van der Waals surface area contributed by atoms with Crippen molar-refractivity contribution in [2.45, 2.75) is 0 Å². The highest BCUT2D eigenvalue weighted by atomic mass is 35.5. The topological polar surface area (TPSA) is 66.9 Å². The summed E-state index contributed by atoms with van der Waals surface area (Å²) in [6, 6.07) is 29.4. The second-order valence-electron chi connectivity index (χ2n) is 7.85. The summed E-state index contributed by atoms with van der Waals surface area (Å²) in [7, 11) is 0. The average molecular weight is 483 g/mol. The van der Waals surface area contributed by atoms with Gasteiger partial charge in [-0.2, -0.15) is 0 Å². The molecule has 35 heavy (non-hydrogen) atoms. The molecule has 172 valence electrons. The summed E-state index contributed by atoms with van der Waals surface area (Å²) in [6.45, 7) is -0.269. The quantitative estimate of drug-likeness (QED) is 0.314. The van der Waals surface area contributed by atoms with E-state index in [4.69, 9.17) is 16.3 Å². The van der Waals surface area contributed by atoms with Crippen LogP contribution in [0, 0.1) is 0 Å². The number of hydrogen-bond donors (Lipinski definition) is 0. The highest BCUT2D eigenvalue weighted by Gasteiger charge is 2.37. The minimum Gasteiger partial charge on any atom is -0.457 e. The van der Waals surface area contributed by atoms with E-state index in [1.54, 1.807) is 72.8 Å². The van der Waals surface area contributed by atoms with Gasteiger partial charge in [0.2, 0.25) is 0 Å². The molecule has 0 N–H and O–H groups in total. The Hall–Kier alpha value is -4.42. The van der Waals surface area contributed by atoms with Crippen molar-refractivity contribution >= 4 is 35.0 Å². The molecule has 6 nitrogen and oxygen atoms in total. The van der Waals surface area contributed by atoms with E-state index >= 15 is 0 Å². The maximum atomic E-state index is 13.6. The number of amides is 3. The van der Waals surface area contributed by atoms with Crippen molar-refractivity contribution < 1.29 is 19.1 Å². The van der Waals surface area contributed by atoms with Crippen molar-refractivity contribution in [1.82, 2.24) is 4.90 Å². The molecule has 7 heteroatoms. The van der Waals surface area contributed by atoms with Gasteiger partial charge in [0.1, 0.15) is 18.2 Å². The van der Waals surface area contributed by atoms with E-state index in [0.29, 0.717) is 28.3 Å². The van der Waals surface area contributed by atoms with Crippen LogP contribution in [-0.4, -0.2) is 29.3 Å². The largest absolute Gasteiger partial charge is 0.457 e. The number of carbonyl (C=O) groups excluding carboxylic acids is 3. The van der Waals surface area contributed by atoms with E-state index in [1.807, 2.05) is 30.3 Å². The fourth-order valence-electron chi connectivity index (χ4n) is 3.87. The predicted molar refractivity (Wildman–Crippen MR) is 133 cm³/mol. The molecule has 1 aliphatic rings. The number of ether oxygens (including phenoxy) is 1. The third-order valence-corrected chi connectivity index (χ3v) is 5.97. The summed E-state index contributed by atoms with van der Waals surface area (Å²) in [6.07, 6.45) is 0. The van der Waals surface area contributed by atoms with Gasteiger partial charge < -0.3 is 4.74 Å². The lowest BCUT2D eigenvalue weighted by Crippen LogP contribution is -2.44. The van der Waals surface area contributed by atoms with Crippen LogP contribution in [0.1, 0.15) is 31.1 Å². The van der Waals surface area contributed by atoms with Crippen LogP contribution in [0.15, 0.2) is 103 Å². The zero-order chi connectivity index (χ0) is 24.4. The minimum absolute atomic E-state index is 0.260. The Balaban J connectivity index is 1.47. The van der Waals surface area contributed by atoms with Gasteiger partial charge in [-0.15, -0.1) is 0 Å². The molecule has 0 radical (unpaired) electrons. The van der Waals surface area contributed by atoms with E-state index < -0.39 is 17.7 Å². The second-order valence-corrected chi connectivity index (χ2v) is 8.25. The first kappa shape index (κ1) is 22.4. The van der Waals surface area contributed by atoms with Gasteiger partial charge in [0.25, 0.3) is 17.7 Å². The molecule has 4 aromatic carbocycles. The molecule has 0 unspecified atom stereocenters. The molecule has 5 rings (SSSR count). The van der Waals surface area contributed by atoms with E-state index in [-0.39, 0.29) is 17.3 Å². The molecule has 0 aromatic heterocycles. The predicted octanol–water partition coefficient (Wildman–Crippen LogP) is 6.03. The number of rotatable bonds is 6. The van der Waals surface area contributed by atoms with Gasteiger partial charge in [-0.05, 0) is 60.7 Å². The monoisotopic (exact) mass is 482 g/mol. The van der Waals surface area contributed by atoms with Crippen LogP contribution in [0.25, 0.3) is 0 Å². The van der Waals surface area contributed by atoms with Gasteiger partial charge in [0.15, 0.2) is 0 Å². The second kappa shape index (κ2) is 9.44. The summed E-state index contributed by atoms with van der Waals surface area (Å²) in [4.78, 5) is 42.0. The molecule has 4 aromatic rings. The van der Waals surface area contributed by atoms with Crippen LogP contribution in [0.4, 0.5) is 5.69 Å². The number of fused-ring (bicyclic) bond motifs is 1. The number of imide groups is 1. The number of benzene rings is 4. The lowest BCUT2D eigenvalue weighted by Gasteiger charge is -2.27. The highest BCUT2D eigenvalue weighted by molar-refractivity contribution is 6.34. The summed E-state index contributed by atoms with van der Waals surface area (Å²) in [5.74, 6) is -0.0943. The molecular weight excluding hydrogens is 464 g/mol. The Bertz CT molecular complexity index is 1390. The first-order chi connectivity index (χ1) is 17.0. The Morgan fingerprint density at radius 1 is 0.714 bits per heavy atom. The first-order valence-corrected chi connectivity index (χ1v) is 11.3. The maximum Gasteiger partial charge on any atom is 0.263 e. The zero-order valence-electron chi connectivity index (χ0n) is 18.4. The van der Waals surface area contributed by atoms with Crippen molar-refractivity contribution in [3.63, 3.8) is 0 Å². The van der Waals surface area contributed by atoms with Crippen LogP contribution in [-0.2, 0) is 0 Å². The van der Waals surface area contributed by atoms with Crippen molar-refractivity contribution in [1.29, 1.82) is 0 Å². The third kappa shape index (κ3) is 4.39. The Kier molecular flexibility index (Phi) is 6.04. The number of anilines is 1. The third-order valence-electron chi connectivity index (χ3n) is 5.64. The van der Waals surface area contributed by atoms with Gasteiger partial charge in [0.05, 0.1) is 21.7 Å². The summed E-state index contributed by atoms with van der Waals surface area (Å²) in [5.41, 5.74) is 1.37. The number of halogens is 1. The standard InChI is InChI=1S/C28H19ClN2O4/c29-25-13-7-6-12-24(25)28(34)30(18-31-26(32)22-10-4-5-11-23(22)27(31)33)19-14-16-21(17-15-19)35-20-8-2-1-3-9-20/h1-17H,18H2. The average Bonchev–Trinajstić information content (AvgIpc) is 3.13. The lowest BCUT2D eigenvalue weighted by molar-refractivity contribution is 0.0650. The van der Waals surface area contributed by atoms with E-state index in [1.165, 1.54) is 4.90 Å². The summed E-state index contributed by atoms with van der Waals surface area (Å²) < 4.78 is 5.84. The van der Waals surface area contributed by atoms with Crippen LogP contribution in [0.2, 0.25) is 5.02 Å². The number of carbonyl (C=O) groups is 3. The van der Waals surface area contributed by atoms with Crippen LogP contribution < -0.4 is 9.64 Å². The van der Waals surface area contributed by atoms with Crippen LogP contribution >= 0.6 is 11.6 Å². The smallest absolute Gasteiger partial charge is 0.263 e. The van der Waals surface area contributed by atoms with Gasteiger partial charge in [-0.1, -0.05) is 54.1 Å². The van der Waals surface area contributed by atoms with Gasteiger partial charge in [0, 0.05) is 5.69 Å². The van der Waals surface area contributed by atoms with E-state index in [2.05, 4.69) is 0 Å². The molecule has 3 amide bonds. The number of nitrogens with zero attached hydrogens (tertiary/aromatic N) is 2. The van der Waals surface area contributed by atoms with Crippen molar-refractivity contribution in [3.8, 4) is 11.5 Å². The maximum absolute atomic E-state index is 13.6. The molecule has 0 fully saturated rings. The van der Waals surface area contributed by atoms with Crippen LogP contribution in [0.5, 0.6) is 11.5 Å².